The number of hydrogen-bond donors (Lipinski definition) is 3. The second-order valence-corrected chi connectivity index (χ2v) is 10.1. The van der Waals surface area contributed by atoms with Crippen LogP contribution in [0.15, 0.2) is 24.5 Å². The number of carbonyl (C=O) groups excluding carboxylic acids is 2. The van der Waals surface area contributed by atoms with Gasteiger partial charge in [0.2, 0.25) is 5.88 Å². The number of ether oxygens (including phenoxy) is 2. The van der Waals surface area contributed by atoms with Gasteiger partial charge in [0.1, 0.15) is 5.82 Å². The highest BCUT2D eigenvalue weighted by molar-refractivity contribution is 7.15. The van der Waals surface area contributed by atoms with Crippen LogP contribution < -0.4 is 30.3 Å². The molecule has 0 unspecified atom stereocenters. The van der Waals surface area contributed by atoms with Crippen molar-refractivity contribution >= 4 is 39.9 Å². The average molecular weight is 513 g/mol. The van der Waals surface area contributed by atoms with Gasteiger partial charge in [0.05, 0.1) is 43.9 Å². The van der Waals surface area contributed by atoms with E-state index in [4.69, 9.17) is 9.47 Å². The first-order valence-corrected chi connectivity index (χ1v) is 12.0. The zero-order valence-corrected chi connectivity index (χ0v) is 21.5. The van der Waals surface area contributed by atoms with Crippen LogP contribution in [0.4, 0.5) is 21.4 Å². The van der Waals surface area contributed by atoms with Crippen LogP contribution in [0.5, 0.6) is 11.9 Å². The summed E-state index contributed by atoms with van der Waals surface area (Å²) in [7, 11) is 3.04. The molecule has 0 atom stereocenters. The number of rotatable bonds is 6. The molecule has 1 aliphatic rings. The first kappa shape index (κ1) is 25.1. The van der Waals surface area contributed by atoms with Gasteiger partial charge in [-0.25, -0.2) is 9.78 Å². The van der Waals surface area contributed by atoms with Crippen LogP contribution in [-0.2, 0) is 13.0 Å². The minimum atomic E-state index is -0.513. The van der Waals surface area contributed by atoms with Gasteiger partial charge < -0.3 is 25.0 Å². The number of urea groups is 1. The predicted molar refractivity (Wildman–Crippen MR) is 136 cm³/mol. The summed E-state index contributed by atoms with van der Waals surface area (Å²) < 4.78 is 10.4. The van der Waals surface area contributed by atoms with Crippen LogP contribution in [0.25, 0.3) is 0 Å². The van der Waals surface area contributed by atoms with Gasteiger partial charge in [-0.05, 0) is 26.8 Å². The number of anilines is 3. The van der Waals surface area contributed by atoms with E-state index < -0.39 is 11.6 Å². The monoisotopic (exact) mass is 512 g/mol. The lowest BCUT2D eigenvalue weighted by Gasteiger charge is -2.27. The first-order chi connectivity index (χ1) is 17.1. The Morgan fingerprint density at radius 2 is 1.92 bits per heavy atom. The molecule has 0 radical (unpaired) electrons. The van der Waals surface area contributed by atoms with Gasteiger partial charge in [0.25, 0.3) is 5.91 Å². The number of hydrogen-bond acceptors (Lipinski definition) is 10. The smallest absolute Gasteiger partial charge is 0.325 e. The van der Waals surface area contributed by atoms with Crippen molar-refractivity contribution in [3.8, 4) is 11.9 Å². The van der Waals surface area contributed by atoms with Crippen molar-refractivity contribution in [2.24, 2.45) is 0 Å². The lowest BCUT2D eigenvalue weighted by molar-refractivity contribution is 0.0920. The molecule has 0 spiro atoms. The Balaban J connectivity index is 1.44. The number of carbonyl (C=O) groups is 2. The molecule has 0 bridgehead atoms. The van der Waals surface area contributed by atoms with Gasteiger partial charge in [0, 0.05) is 35.6 Å². The molecule has 36 heavy (non-hydrogen) atoms. The zero-order chi connectivity index (χ0) is 25.9. The number of pyridine rings is 1. The Labute approximate surface area is 212 Å². The molecule has 3 amide bonds. The van der Waals surface area contributed by atoms with Crippen molar-refractivity contribution in [2.75, 3.05) is 36.3 Å². The molecule has 3 N–H and O–H groups in total. The highest BCUT2D eigenvalue weighted by Gasteiger charge is 2.24. The third-order valence-corrected chi connectivity index (χ3v) is 6.14. The molecule has 0 saturated carbocycles. The summed E-state index contributed by atoms with van der Waals surface area (Å²) in [6, 6.07) is 3.03. The SMILES string of the molecule is COc1cc(N2CCc3nc(NC(=O)Nc4cnccc4C(=O)NC(C)(C)C)sc3C2)nc(OC)n1. The summed E-state index contributed by atoms with van der Waals surface area (Å²) in [5, 5.41) is 8.82. The summed E-state index contributed by atoms with van der Waals surface area (Å²) in [6.07, 6.45) is 3.62. The topological polar surface area (TPSA) is 143 Å². The van der Waals surface area contributed by atoms with Gasteiger partial charge in [-0.1, -0.05) is 11.3 Å². The van der Waals surface area contributed by atoms with E-state index in [1.807, 2.05) is 20.8 Å². The molecule has 12 nitrogen and oxygen atoms in total. The van der Waals surface area contributed by atoms with Gasteiger partial charge in [-0.3, -0.25) is 15.1 Å². The van der Waals surface area contributed by atoms with Crippen molar-refractivity contribution in [3.05, 3.63) is 40.7 Å². The molecule has 0 fully saturated rings. The summed E-state index contributed by atoms with van der Waals surface area (Å²) in [5.41, 5.74) is 1.12. The number of amides is 3. The lowest BCUT2D eigenvalue weighted by atomic mass is 10.1. The van der Waals surface area contributed by atoms with E-state index in [-0.39, 0.29) is 11.9 Å². The van der Waals surface area contributed by atoms with E-state index in [2.05, 4.69) is 40.8 Å². The van der Waals surface area contributed by atoms with Crippen molar-refractivity contribution in [1.29, 1.82) is 0 Å². The van der Waals surface area contributed by atoms with E-state index in [1.54, 1.807) is 12.1 Å². The molecule has 3 aromatic rings. The predicted octanol–water partition coefficient (Wildman–Crippen LogP) is 3.08. The van der Waals surface area contributed by atoms with Crippen LogP contribution in [-0.4, -0.2) is 58.2 Å². The maximum atomic E-state index is 12.7. The molecule has 1 aliphatic heterocycles. The number of methoxy groups -OCH3 is 2. The van der Waals surface area contributed by atoms with Crippen molar-refractivity contribution < 1.29 is 19.1 Å². The molecule has 13 heteroatoms. The second-order valence-electron chi connectivity index (χ2n) is 9.02. The Kier molecular flexibility index (Phi) is 7.20. The fraction of sp³-hybridized carbons (Fsp3) is 0.391. The highest BCUT2D eigenvalue weighted by atomic mass is 32.1. The maximum Gasteiger partial charge on any atom is 0.325 e. The molecule has 4 heterocycles. The molecule has 0 aliphatic carbocycles. The number of aromatic nitrogens is 4. The number of nitrogens with zero attached hydrogens (tertiary/aromatic N) is 5. The Hall–Kier alpha value is -4.00. The number of nitrogens with one attached hydrogen (secondary N) is 3. The molecule has 0 aromatic carbocycles. The quantitative estimate of drug-likeness (QED) is 0.454. The van der Waals surface area contributed by atoms with Crippen LogP contribution in [0.2, 0.25) is 0 Å². The standard InChI is InChI=1S/C23H28N8O4S/c1-23(2,3)30-19(32)13-6-8-24-11-15(13)25-20(33)29-22-26-14-7-9-31(12-16(14)36-22)17-10-18(34-4)28-21(27-17)35-5/h6,8,10-11H,7,9,12H2,1-5H3,(H,30,32)(H2,25,26,29,33). The summed E-state index contributed by atoms with van der Waals surface area (Å²) in [6.45, 7) is 6.91. The molecule has 3 aromatic heterocycles. The van der Waals surface area contributed by atoms with E-state index in [0.29, 0.717) is 47.6 Å². The Morgan fingerprint density at radius 1 is 1.11 bits per heavy atom. The van der Waals surface area contributed by atoms with Gasteiger partial charge in [0.15, 0.2) is 5.13 Å². The van der Waals surface area contributed by atoms with Crippen molar-refractivity contribution in [2.45, 2.75) is 39.3 Å². The highest BCUT2D eigenvalue weighted by Crippen LogP contribution is 2.31. The lowest BCUT2D eigenvalue weighted by Crippen LogP contribution is -2.41. The molecular weight excluding hydrogens is 484 g/mol. The molecule has 190 valence electrons. The van der Waals surface area contributed by atoms with E-state index >= 15 is 0 Å². The summed E-state index contributed by atoms with van der Waals surface area (Å²) in [4.78, 5) is 45.6. The second kappa shape index (κ2) is 10.3. The third kappa shape index (κ3) is 5.97. The number of thiazole rings is 1. The van der Waals surface area contributed by atoms with E-state index in [9.17, 15) is 9.59 Å². The van der Waals surface area contributed by atoms with Crippen LogP contribution in [0.1, 0.15) is 41.7 Å². The van der Waals surface area contributed by atoms with Gasteiger partial charge >= 0.3 is 12.0 Å². The summed E-state index contributed by atoms with van der Waals surface area (Å²) in [5.74, 6) is 0.794. The first-order valence-electron chi connectivity index (χ1n) is 11.2. The fourth-order valence-corrected chi connectivity index (χ4v) is 4.56. The number of fused-ring (bicyclic) bond motifs is 1. The minimum Gasteiger partial charge on any atom is -0.481 e. The molecule has 4 rings (SSSR count). The normalized spacial score (nSPS) is 13.0. The van der Waals surface area contributed by atoms with Gasteiger partial charge in [-0.15, -0.1) is 0 Å². The van der Waals surface area contributed by atoms with E-state index in [0.717, 1.165) is 10.6 Å². The van der Waals surface area contributed by atoms with Crippen LogP contribution in [0.3, 0.4) is 0 Å². The van der Waals surface area contributed by atoms with E-state index in [1.165, 1.54) is 38.0 Å². The van der Waals surface area contributed by atoms with Crippen LogP contribution >= 0.6 is 11.3 Å². The largest absolute Gasteiger partial charge is 0.481 e. The average Bonchev–Trinajstić information content (AvgIpc) is 3.24. The van der Waals surface area contributed by atoms with Gasteiger partial charge in [-0.2, -0.15) is 9.97 Å². The van der Waals surface area contributed by atoms with Crippen LogP contribution in [0, 0.1) is 0 Å². The Morgan fingerprint density at radius 3 is 2.64 bits per heavy atom. The summed E-state index contributed by atoms with van der Waals surface area (Å²) >= 11 is 1.39. The fourth-order valence-electron chi connectivity index (χ4n) is 3.55. The molecular formula is C23H28N8O4S. The molecule has 0 saturated heterocycles. The Bertz CT molecular complexity index is 1250. The zero-order valence-electron chi connectivity index (χ0n) is 20.7. The third-order valence-electron chi connectivity index (χ3n) is 5.14. The maximum absolute atomic E-state index is 12.7. The minimum absolute atomic E-state index is 0.226. The van der Waals surface area contributed by atoms with Crippen molar-refractivity contribution in [1.82, 2.24) is 25.3 Å². The van der Waals surface area contributed by atoms with Crippen molar-refractivity contribution in [3.63, 3.8) is 0 Å².